The molecule has 1 amide bonds. The Morgan fingerprint density at radius 1 is 1.28 bits per heavy atom. The number of hydrogen-bond acceptors (Lipinski definition) is 3. The van der Waals surface area contributed by atoms with Crippen molar-refractivity contribution in [1.29, 1.82) is 0 Å². The third-order valence-electron chi connectivity index (χ3n) is 4.57. The lowest BCUT2D eigenvalue weighted by molar-refractivity contribution is -0.139. The van der Waals surface area contributed by atoms with E-state index in [1.165, 1.54) is 4.90 Å². The van der Waals surface area contributed by atoms with Crippen LogP contribution >= 0.6 is 11.6 Å². The molecule has 4 nitrogen and oxygen atoms in total. The Kier molecular flexibility index (Phi) is 4.38. The second kappa shape index (κ2) is 6.36. The summed E-state index contributed by atoms with van der Waals surface area (Å²) >= 11 is 5.85. The van der Waals surface area contributed by atoms with Crippen LogP contribution in [0.5, 0.6) is 0 Å². The highest BCUT2D eigenvalue weighted by molar-refractivity contribution is 6.30. The normalized spacial score (nSPS) is 20.1. The summed E-state index contributed by atoms with van der Waals surface area (Å²) in [6, 6.07) is 13.2. The Hall–Kier alpha value is -2.61. The molecule has 0 spiro atoms. The number of rotatable bonds is 4. The topological polar surface area (TPSA) is 57.6 Å². The second-order valence-corrected chi connectivity index (χ2v) is 6.41. The van der Waals surface area contributed by atoms with Crippen LogP contribution in [0.1, 0.15) is 22.8 Å². The molecular formula is C20H16ClNO3. The largest absolute Gasteiger partial charge is 0.375 e. The standard InChI is InChI=1S/C20H16ClNO3/c1-3-12-22-17-7-5-4-6-16(17)20(25,19(22)24)13(2)18(23)14-8-10-15(21)11-9-14/h1,4-11,13,25H,12H2,2H3/t13-,20-/m1/s1. The van der Waals surface area contributed by atoms with Crippen molar-refractivity contribution in [3.63, 3.8) is 0 Å². The van der Waals surface area contributed by atoms with E-state index in [1.54, 1.807) is 55.5 Å². The van der Waals surface area contributed by atoms with Crippen LogP contribution < -0.4 is 4.90 Å². The van der Waals surface area contributed by atoms with Gasteiger partial charge in [-0.05, 0) is 30.3 Å². The van der Waals surface area contributed by atoms with Gasteiger partial charge in [0.15, 0.2) is 11.4 Å². The van der Waals surface area contributed by atoms with E-state index in [2.05, 4.69) is 5.92 Å². The molecule has 0 radical (unpaired) electrons. The van der Waals surface area contributed by atoms with E-state index in [4.69, 9.17) is 18.0 Å². The van der Waals surface area contributed by atoms with E-state index in [0.29, 0.717) is 21.8 Å². The maximum Gasteiger partial charge on any atom is 0.265 e. The Morgan fingerprint density at radius 3 is 2.56 bits per heavy atom. The molecule has 1 aliphatic rings. The summed E-state index contributed by atoms with van der Waals surface area (Å²) in [6.45, 7) is 1.57. The molecule has 1 aliphatic heterocycles. The highest BCUT2D eigenvalue weighted by Crippen LogP contribution is 2.45. The second-order valence-electron chi connectivity index (χ2n) is 5.97. The number of ketones is 1. The Bertz CT molecular complexity index is 885. The number of nitrogens with zero attached hydrogens (tertiary/aromatic N) is 1. The third kappa shape index (κ3) is 2.62. The Morgan fingerprint density at radius 2 is 1.92 bits per heavy atom. The molecule has 1 N–H and O–H groups in total. The summed E-state index contributed by atoms with van der Waals surface area (Å²) in [6.07, 6.45) is 5.35. The fourth-order valence-electron chi connectivity index (χ4n) is 3.18. The van der Waals surface area contributed by atoms with Gasteiger partial charge in [-0.3, -0.25) is 14.5 Å². The molecule has 0 bridgehead atoms. The van der Waals surface area contributed by atoms with Crippen LogP contribution in [0.2, 0.25) is 5.02 Å². The van der Waals surface area contributed by atoms with E-state index in [-0.39, 0.29) is 12.3 Å². The van der Waals surface area contributed by atoms with E-state index in [0.717, 1.165) is 0 Å². The van der Waals surface area contributed by atoms with Gasteiger partial charge in [0.05, 0.1) is 18.2 Å². The van der Waals surface area contributed by atoms with Gasteiger partial charge in [-0.1, -0.05) is 42.6 Å². The third-order valence-corrected chi connectivity index (χ3v) is 4.83. The van der Waals surface area contributed by atoms with Crippen molar-refractivity contribution in [2.45, 2.75) is 12.5 Å². The van der Waals surface area contributed by atoms with E-state index >= 15 is 0 Å². The summed E-state index contributed by atoms with van der Waals surface area (Å²) in [5.74, 6) is 0.513. The molecule has 0 fully saturated rings. The van der Waals surface area contributed by atoms with E-state index < -0.39 is 17.4 Å². The van der Waals surface area contributed by atoms with Crippen molar-refractivity contribution >= 4 is 29.0 Å². The number of carbonyl (C=O) groups is 2. The SMILES string of the molecule is C#CCN1C(=O)[C@@](O)([C@H](C)C(=O)c2ccc(Cl)cc2)c2ccccc21. The highest BCUT2D eigenvalue weighted by atomic mass is 35.5. The minimum atomic E-state index is -1.95. The quantitative estimate of drug-likeness (QED) is 0.679. The van der Waals surface area contributed by atoms with Gasteiger partial charge in [-0.15, -0.1) is 6.42 Å². The van der Waals surface area contributed by atoms with Crippen molar-refractivity contribution in [3.05, 3.63) is 64.7 Å². The fraction of sp³-hybridized carbons (Fsp3) is 0.200. The Labute approximate surface area is 151 Å². The van der Waals surface area contributed by atoms with Crippen LogP contribution in [0.4, 0.5) is 5.69 Å². The van der Waals surface area contributed by atoms with Gasteiger partial charge in [0, 0.05) is 16.1 Å². The molecule has 25 heavy (non-hydrogen) atoms. The van der Waals surface area contributed by atoms with Gasteiger partial charge in [0.1, 0.15) is 0 Å². The van der Waals surface area contributed by atoms with Gasteiger partial charge in [-0.2, -0.15) is 0 Å². The number of Topliss-reactive ketones (excluding diaryl/α,β-unsaturated/α-hetero) is 1. The number of anilines is 1. The lowest BCUT2D eigenvalue weighted by Crippen LogP contribution is -2.47. The van der Waals surface area contributed by atoms with Crippen molar-refractivity contribution in [2.24, 2.45) is 5.92 Å². The smallest absolute Gasteiger partial charge is 0.265 e. The van der Waals surface area contributed by atoms with Gasteiger partial charge in [-0.25, -0.2) is 0 Å². The molecule has 2 aromatic carbocycles. The van der Waals surface area contributed by atoms with Crippen molar-refractivity contribution in [3.8, 4) is 12.3 Å². The summed E-state index contributed by atoms with van der Waals surface area (Å²) in [5, 5.41) is 11.8. The summed E-state index contributed by atoms with van der Waals surface area (Å²) < 4.78 is 0. The number of amides is 1. The number of benzene rings is 2. The monoisotopic (exact) mass is 353 g/mol. The number of halogens is 1. The average molecular weight is 354 g/mol. The zero-order valence-electron chi connectivity index (χ0n) is 13.6. The summed E-state index contributed by atoms with van der Waals surface area (Å²) in [4.78, 5) is 27.1. The predicted molar refractivity (Wildman–Crippen MR) is 96.5 cm³/mol. The number of para-hydroxylation sites is 1. The first-order valence-electron chi connectivity index (χ1n) is 7.78. The molecule has 5 heteroatoms. The average Bonchev–Trinajstić information content (AvgIpc) is 2.84. The molecule has 3 rings (SSSR count). The molecule has 2 atom stereocenters. The zero-order valence-corrected chi connectivity index (χ0v) is 14.3. The zero-order chi connectivity index (χ0) is 18.2. The van der Waals surface area contributed by atoms with Crippen LogP contribution in [0.3, 0.4) is 0 Å². The fourth-order valence-corrected chi connectivity index (χ4v) is 3.31. The molecule has 0 aliphatic carbocycles. The van der Waals surface area contributed by atoms with Gasteiger partial charge in [0.2, 0.25) is 0 Å². The maximum absolute atomic E-state index is 12.9. The lowest BCUT2D eigenvalue weighted by Gasteiger charge is -2.28. The van der Waals surface area contributed by atoms with Crippen LogP contribution in [-0.4, -0.2) is 23.3 Å². The molecule has 126 valence electrons. The predicted octanol–water partition coefficient (Wildman–Crippen LogP) is 3.03. The first-order valence-corrected chi connectivity index (χ1v) is 8.16. The lowest BCUT2D eigenvalue weighted by atomic mass is 9.79. The number of terminal acetylenes is 1. The molecule has 0 unspecified atom stereocenters. The number of aliphatic hydroxyl groups is 1. The number of carbonyl (C=O) groups excluding carboxylic acids is 2. The van der Waals surface area contributed by atoms with Gasteiger partial charge in [0.25, 0.3) is 5.91 Å². The first-order chi connectivity index (χ1) is 11.9. The minimum Gasteiger partial charge on any atom is -0.375 e. The Balaban J connectivity index is 2.05. The van der Waals surface area contributed by atoms with Crippen LogP contribution in [0.15, 0.2) is 48.5 Å². The van der Waals surface area contributed by atoms with Gasteiger partial charge < -0.3 is 5.11 Å². The molecule has 2 aromatic rings. The molecule has 0 aromatic heterocycles. The minimum absolute atomic E-state index is 0.0278. The molecule has 1 heterocycles. The number of hydrogen-bond donors (Lipinski definition) is 1. The summed E-state index contributed by atoms with van der Waals surface area (Å²) in [5.41, 5.74) is -0.649. The molecular weight excluding hydrogens is 338 g/mol. The van der Waals surface area contributed by atoms with Crippen molar-refractivity contribution in [1.82, 2.24) is 0 Å². The molecule has 0 saturated heterocycles. The van der Waals surface area contributed by atoms with Crippen molar-refractivity contribution < 1.29 is 14.7 Å². The van der Waals surface area contributed by atoms with Crippen LogP contribution in [0, 0.1) is 18.3 Å². The number of fused-ring (bicyclic) bond motifs is 1. The summed E-state index contributed by atoms with van der Waals surface area (Å²) in [7, 11) is 0. The van der Waals surface area contributed by atoms with Crippen LogP contribution in [-0.2, 0) is 10.4 Å². The first kappa shape index (κ1) is 17.2. The van der Waals surface area contributed by atoms with Crippen molar-refractivity contribution in [2.75, 3.05) is 11.4 Å². The maximum atomic E-state index is 12.9. The van der Waals surface area contributed by atoms with E-state index in [9.17, 15) is 14.7 Å². The van der Waals surface area contributed by atoms with Crippen LogP contribution in [0.25, 0.3) is 0 Å². The van der Waals surface area contributed by atoms with Gasteiger partial charge >= 0.3 is 0 Å². The van der Waals surface area contributed by atoms with E-state index in [1.807, 2.05) is 0 Å². The molecule has 0 saturated carbocycles. The highest BCUT2D eigenvalue weighted by Gasteiger charge is 2.55.